The van der Waals surface area contributed by atoms with Crippen LogP contribution in [0.5, 0.6) is 5.75 Å². The van der Waals surface area contributed by atoms with E-state index in [9.17, 15) is 18.0 Å². The molecule has 1 aliphatic carbocycles. The second-order valence-corrected chi connectivity index (χ2v) is 12.9. The largest absolute Gasteiger partial charge is 0.497 e. The van der Waals surface area contributed by atoms with Crippen LogP contribution in [0.4, 0.5) is 5.69 Å². The predicted octanol–water partition coefficient (Wildman–Crippen LogP) is 6.06. The highest BCUT2D eigenvalue weighted by Gasteiger charge is 2.34. The molecule has 0 unspecified atom stereocenters. The van der Waals surface area contributed by atoms with Gasteiger partial charge in [0.25, 0.3) is 10.0 Å². The van der Waals surface area contributed by atoms with Gasteiger partial charge in [0.1, 0.15) is 18.3 Å². The van der Waals surface area contributed by atoms with Gasteiger partial charge in [0.15, 0.2) is 0 Å². The summed E-state index contributed by atoms with van der Waals surface area (Å²) in [5.74, 6) is -0.291. The molecule has 2 amide bonds. The SMILES string of the molecule is CC[C@@H](C(=O)NC1CCCC1)N(Cc1ccc(Cl)c(Cl)c1)C(=O)CN(c1ccccc1)S(=O)(=O)c1ccc(OC)cc1. The average Bonchev–Trinajstić information content (AvgIpc) is 3.51. The first kappa shape index (κ1) is 31.7. The summed E-state index contributed by atoms with van der Waals surface area (Å²) in [6.45, 7) is 1.35. The molecular formula is C31H35Cl2N3O5S. The number of methoxy groups -OCH3 is 1. The van der Waals surface area contributed by atoms with E-state index >= 15 is 0 Å². The number of amides is 2. The normalized spacial score (nSPS) is 14.3. The lowest BCUT2D eigenvalue weighted by atomic mass is 10.1. The van der Waals surface area contributed by atoms with Crippen LogP contribution in [0.3, 0.4) is 0 Å². The molecule has 1 saturated carbocycles. The topological polar surface area (TPSA) is 96.0 Å². The highest BCUT2D eigenvalue weighted by molar-refractivity contribution is 7.92. The molecule has 1 fully saturated rings. The molecule has 1 aliphatic rings. The Morgan fingerprint density at radius 1 is 0.976 bits per heavy atom. The quantitative estimate of drug-likeness (QED) is 0.262. The maximum absolute atomic E-state index is 14.2. The molecule has 8 nitrogen and oxygen atoms in total. The van der Waals surface area contributed by atoms with E-state index in [1.54, 1.807) is 60.7 Å². The summed E-state index contributed by atoms with van der Waals surface area (Å²) in [7, 11) is -2.68. The lowest BCUT2D eigenvalue weighted by Gasteiger charge is -2.33. The number of carbonyl (C=O) groups excluding carboxylic acids is 2. The fourth-order valence-corrected chi connectivity index (χ4v) is 6.85. The third-order valence-electron chi connectivity index (χ3n) is 7.39. The minimum Gasteiger partial charge on any atom is -0.497 e. The molecule has 1 atom stereocenters. The highest BCUT2D eigenvalue weighted by atomic mass is 35.5. The van der Waals surface area contributed by atoms with E-state index < -0.39 is 28.5 Å². The molecule has 0 saturated heterocycles. The van der Waals surface area contributed by atoms with Gasteiger partial charge >= 0.3 is 0 Å². The summed E-state index contributed by atoms with van der Waals surface area (Å²) in [5, 5.41) is 3.78. The van der Waals surface area contributed by atoms with Crippen molar-refractivity contribution in [1.29, 1.82) is 0 Å². The molecule has 0 aromatic heterocycles. The second-order valence-electron chi connectivity index (χ2n) is 10.2. The minimum atomic E-state index is -4.17. The number of ether oxygens (including phenoxy) is 1. The van der Waals surface area contributed by atoms with Gasteiger partial charge in [0.2, 0.25) is 11.8 Å². The van der Waals surface area contributed by atoms with Crippen LogP contribution >= 0.6 is 23.2 Å². The Labute approximate surface area is 257 Å². The lowest BCUT2D eigenvalue weighted by molar-refractivity contribution is -0.140. The van der Waals surface area contributed by atoms with Crippen molar-refractivity contribution in [2.75, 3.05) is 18.0 Å². The second kappa shape index (κ2) is 14.3. The molecule has 224 valence electrons. The summed E-state index contributed by atoms with van der Waals surface area (Å²) in [6, 6.07) is 18.6. The summed E-state index contributed by atoms with van der Waals surface area (Å²) in [5.41, 5.74) is 0.980. The Hall–Kier alpha value is -3.27. The molecule has 0 heterocycles. The number of rotatable bonds is 12. The van der Waals surface area contributed by atoms with Gasteiger partial charge in [-0.05, 0) is 73.4 Å². The number of benzene rings is 3. The first-order chi connectivity index (χ1) is 20.1. The number of sulfonamides is 1. The minimum absolute atomic E-state index is 0.00186. The zero-order valence-corrected chi connectivity index (χ0v) is 26.0. The first-order valence-corrected chi connectivity index (χ1v) is 16.1. The van der Waals surface area contributed by atoms with E-state index in [0.717, 1.165) is 30.0 Å². The lowest BCUT2D eigenvalue weighted by Crippen LogP contribution is -2.53. The first-order valence-electron chi connectivity index (χ1n) is 13.9. The summed E-state index contributed by atoms with van der Waals surface area (Å²) in [4.78, 5) is 29.1. The zero-order valence-electron chi connectivity index (χ0n) is 23.6. The van der Waals surface area contributed by atoms with Crippen molar-refractivity contribution < 1.29 is 22.7 Å². The number of para-hydroxylation sites is 1. The highest BCUT2D eigenvalue weighted by Crippen LogP contribution is 2.28. The number of hydrogen-bond donors (Lipinski definition) is 1. The van der Waals surface area contributed by atoms with E-state index in [0.29, 0.717) is 33.5 Å². The molecule has 11 heteroatoms. The van der Waals surface area contributed by atoms with Crippen LogP contribution in [0.25, 0.3) is 0 Å². The molecule has 42 heavy (non-hydrogen) atoms. The third-order valence-corrected chi connectivity index (χ3v) is 9.92. The van der Waals surface area contributed by atoms with Crippen LogP contribution in [0.15, 0.2) is 77.7 Å². The summed E-state index contributed by atoms with van der Waals surface area (Å²) in [6.07, 6.45) is 4.21. The zero-order chi connectivity index (χ0) is 30.3. The van der Waals surface area contributed by atoms with Crippen molar-refractivity contribution >= 4 is 50.7 Å². The van der Waals surface area contributed by atoms with Gasteiger partial charge in [-0.3, -0.25) is 13.9 Å². The van der Waals surface area contributed by atoms with Gasteiger partial charge in [0, 0.05) is 12.6 Å². The van der Waals surface area contributed by atoms with Gasteiger partial charge in [-0.15, -0.1) is 0 Å². The Morgan fingerprint density at radius 3 is 2.24 bits per heavy atom. The average molecular weight is 633 g/mol. The summed E-state index contributed by atoms with van der Waals surface area (Å²) < 4.78 is 34.1. The van der Waals surface area contributed by atoms with Gasteiger partial charge < -0.3 is 15.0 Å². The molecule has 4 rings (SSSR count). The molecule has 3 aromatic rings. The smallest absolute Gasteiger partial charge is 0.264 e. The van der Waals surface area contributed by atoms with Gasteiger partial charge in [-0.25, -0.2) is 8.42 Å². The number of hydrogen-bond acceptors (Lipinski definition) is 5. The van der Waals surface area contributed by atoms with Crippen molar-refractivity contribution in [3.63, 3.8) is 0 Å². The predicted molar refractivity (Wildman–Crippen MR) is 165 cm³/mol. The maximum Gasteiger partial charge on any atom is 0.264 e. The molecule has 0 radical (unpaired) electrons. The number of carbonyl (C=O) groups is 2. The molecule has 0 aliphatic heterocycles. The molecule has 3 aromatic carbocycles. The number of nitrogens with zero attached hydrogens (tertiary/aromatic N) is 2. The third kappa shape index (κ3) is 7.56. The van der Waals surface area contributed by atoms with Crippen LogP contribution in [0.1, 0.15) is 44.6 Å². The Bertz CT molecular complexity index is 1480. The Morgan fingerprint density at radius 2 is 1.64 bits per heavy atom. The van der Waals surface area contributed by atoms with Crippen LogP contribution in [0, 0.1) is 0 Å². The standard InChI is InChI=1S/C31H35Cl2N3O5S/c1-3-29(31(38)34-23-9-7-8-10-23)35(20-22-13-18-27(32)28(33)19-22)30(37)21-36(24-11-5-4-6-12-24)42(39,40)26-16-14-25(41-2)15-17-26/h4-6,11-19,23,29H,3,7-10,20-21H2,1-2H3,(H,34,38)/t29-/m0/s1. The van der Waals surface area contributed by atoms with Crippen molar-refractivity contribution in [2.24, 2.45) is 0 Å². The molecule has 0 bridgehead atoms. The van der Waals surface area contributed by atoms with Crippen molar-refractivity contribution in [3.05, 3.63) is 88.4 Å². The molecular weight excluding hydrogens is 597 g/mol. The van der Waals surface area contributed by atoms with Gasteiger partial charge in [0.05, 0.1) is 27.7 Å². The van der Waals surface area contributed by atoms with Crippen LogP contribution in [0.2, 0.25) is 10.0 Å². The van der Waals surface area contributed by atoms with E-state index in [2.05, 4.69) is 5.32 Å². The van der Waals surface area contributed by atoms with E-state index in [-0.39, 0.29) is 23.4 Å². The Balaban J connectivity index is 1.70. The fourth-order valence-electron chi connectivity index (χ4n) is 5.12. The van der Waals surface area contributed by atoms with E-state index in [1.807, 2.05) is 6.92 Å². The van der Waals surface area contributed by atoms with Gasteiger partial charge in [-0.1, -0.05) is 67.2 Å². The van der Waals surface area contributed by atoms with Crippen LogP contribution in [-0.2, 0) is 26.2 Å². The number of halogens is 2. The maximum atomic E-state index is 14.2. The van der Waals surface area contributed by atoms with E-state index in [1.165, 1.54) is 24.1 Å². The van der Waals surface area contributed by atoms with Crippen LogP contribution in [-0.4, -0.2) is 50.9 Å². The number of anilines is 1. The molecule has 1 N–H and O–H groups in total. The van der Waals surface area contributed by atoms with Gasteiger partial charge in [-0.2, -0.15) is 0 Å². The number of nitrogens with one attached hydrogen (secondary N) is 1. The van der Waals surface area contributed by atoms with Crippen molar-refractivity contribution in [2.45, 2.75) is 62.6 Å². The van der Waals surface area contributed by atoms with Crippen molar-refractivity contribution in [3.8, 4) is 5.75 Å². The van der Waals surface area contributed by atoms with Crippen LogP contribution < -0.4 is 14.4 Å². The fraction of sp³-hybridized carbons (Fsp3) is 0.355. The molecule has 0 spiro atoms. The van der Waals surface area contributed by atoms with E-state index in [4.69, 9.17) is 27.9 Å². The summed E-state index contributed by atoms with van der Waals surface area (Å²) >= 11 is 12.4. The monoisotopic (exact) mass is 631 g/mol. The van der Waals surface area contributed by atoms with Crippen molar-refractivity contribution in [1.82, 2.24) is 10.2 Å². The Kier molecular flexibility index (Phi) is 10.8.